The molecule has 0 aliphatic heterocycles. The molecule has 2 N–H and O–H groups in total. The molecule has 0 saturated carbocycles. The third-order valence-electron chi connectivity index (χ3n) is 2.72. The van der Waals surface area contributed by atoms with Crippen LogP contribution in [-0.4, -0.2) is 32.2 Å². The summed E-state index contributed by atoms with van der Waals surface area (Å²) in [7, 11) is 4.80. The molecule has 0 unspecified atom stereocenters. The maximum absolute atomic E-state index is 11.4. The summed E-state index contributed by atoms with van der Waals surface area (Å²) in [5.74, 6) is 6.88. The van der Waals surface area contributed by atoms with Crippen molar-refractivity contribution >= 4 is 5.91 Å². The molecule has 0 aliphatic carbocycles. The highest BCUT2D eigenvalue weighted by atomic mass is 16.5. The summed E-state index contributed by atoms with van der Waals surface area (Å²) in [5, 5.41) is 1.11. The highest BCUT2D eigenvalue weighted by Gasteiger charge is 2.08. The predicted molar refractivity (Wildman–Crippen MR) is 69.4 cm³/mol. The molecule has 1 rings (SSSR count). The van der Waals surface area contributed by atoms with E-state index in [1.54, 1.807) is 21.3 Å². The molecule has 1 aromatic rings. The van der Waals surface area contributed by atoms with Gasteiger partial charge in [0.25, 0.3) is 0 Å². The van der Waals surface area contributed by atoms with Gasteiger partial charge < -0.3 is 9.47 Å². The van der Waals surface area contributed by atoms with Crippen LogP contribution in [0.15, 0.2) is 18.2 Å². The van der Waals surface area contributed by atoms with Crippen molar-refractivity contribution in [1.29, 1.82) is 0 Å². The first-order valence-electron chi connectivity index (χ1n) is 5.80. The molecule has 18 heavy (non-hydrogen) atoms. The van der Waals surface area contributed by atoms with E-state index in [0.717, 1.165) is 34.9 Å². The zero-order valence-electron chi connectivity index (χ0n) is 11.1. The molecule has 5 heteroatoms. The van der Waals surface area contributed by atoms with Crippen LogP contribution in [0.25, 0.3) is 0 Å². The van der Waals surface area contributed by atoms with Gasteiger partial charge in [0.2, 0.25) is 5.91 Å². The standard InChI is InChI=1S/C13H20N2O3/c1-15(14)13(16)6-4-5-10-9-11(17-2)7-8-12(10)18-3/h7-9H,4-6,14H2,1-3H3. The highest BCUT2D eigenvalue weighted by molar-refractivity contribution is 5.75. The molecule has 0 spiro atoms. The molecule has 0 heterocycles. The van der Waals surface area contributed by atoms with Gasteiger partial charge in [-0.25, -0.2) is 5.84 Å². The maximum Gasteiger partial charge on any atom is 0.236 e. The van der Waals surface area contributed by atoms with Gasteiger partial charge in [-0.1, -0.05) is 0 Å². The third kappa shape index (κ3) is 3.92. The van der Waals surface area contributed by atoms with Crippen molar-refractivity contribution in [3.63, 3.8) is 0 Å². The largest absolute Gasteiger partial charge is 0.497 e. The van der Waals surface area contributed by atoms with E-state index in [-0.39, 0.29) is 5.91 Å². The number of hydrogen-bond acceptors (Lipinski definition) is 4. The number of nitrogens with two attached hydrogens (primary N) is 1. The zero-order chi connectivity index (χ0) is 13.5. The Morgan fingerprint density at radius 3 is 2.61 bits per heavy atom. The number of carbonyl (C=O) groups excluding carboxylic acids is 1. The SMILES string of the molecule is COc1ccc(OC)c(CCCC(=O)N(C)N)c1. The van der Waals surface area contributed by atoms with Crippen molar-refractivity contribution < 1.29 is 14.3 Å². The van der Waals surface area contributed by atoms with E-state index in [4.69, 9.17) is 15.3 Å². The van der Waals surface area contributed by atoms with Crippen molar-refractivity contribution in [3.8, 4) is 11.5 Å². The number of aryl methyl sites for hydroxylation is 1. The van der Waals surface area contributed by atoms with Crippen LogP contribution in [0.3, 0.4) is 0 Å². The summed E-state index contributed by atoms with van der Waals surface area (Å²) in [6.45, 7) is 0. The van der Waals surface area contributed by atoms with Gasteiger partial charge >= 0.3 is 0 Å². The highest BCUT2D eigenvalue weighted by Crippen LogP contribution is 2.25. The van der Waals surface area contributed by atoms with Gasteiger partial charge in [0.1, 0.15) is 11.5 Å². The minimum atomic E-state index is -0.0723. The van der Waals surface area contributed by atoms with E-state index in [1.165, 1.54) is 0 Å². The number of hydrogen-bond donors (Lipinski definition) is 1. The van der Waals surface area contributed by atoms with Crippen molar-refractivity contribution in [1.82, 2.24) is 5.01 Å². The summed E-state index contributed by atoms with van der Waals surface area (Å²) < 4.78 is 10.4. The second-order valence-corrected chi connectivity index (χ2v) is 4.04. The normalized spacial score (nSPS) is 10.0. The number of carbonyl (C=O) groups is 1. The van der Waals surface area contributed by atoms with Crippen molar-refractivity contribution in [3.05, 3.63) is 23.8 Å². The Hall–Kier alpha value is -1.75. The number of amides is 1. The second kappa shape index (κ2) is 6.86. The molecular formula is C13H20N2O3. The molecule has 100 valence electrons. The molecule has 5 nitrogen and oxygen atoms in total. The first-order valence-corrected chi connectivity index (χ1v) is 5.80. The van der Waals surface area contributed by atoms with Gasteiger partial charge in [-0.15, -0.1) is 0 Å². The van der Waals surface area contributed by atoms with Crippen LogP contribution in [0, 0.1) is 0 Å². The van der Waals surface area contributed by atoms with Crippen LogP contribution in [0.4, 0.5) is 0 Å². The lowest BCUT2D eigenvalue weighted by molar-refractivity contribution is -0.130. The fraction of sp³-hybridized carbons (Fsp3) is 0.462. The minimum absolute atomic E-state index is 0.0723. The number of hydrazine groups is 1. The van der Waals surface area contributed by atoms with Gasteiger partial charge in [-0.05, 0) is 36.6 Å². The zero-order valence-corrected chi connectivity index (χ0v) is 11.1. The molecule has 0 radical (unpaired) electrons. The Bertz CT molecular complexity index is 405. The summed E-state index contributed by atoms with van der Waals surface area (Å²) in [6, 6.07) is 5.64. The first kappa shape index (κ1) is 14.3. The topological polar surface area (TPSA) is 64.8 Å². The fourth-order valence-corrected chi connectivity index (χ4v) is 1.68. The average molecular weight is 252 g/mol. The lowest BCUT2D eigenvalue weighted by Crippen LogP contribution is -2.32. The quantitative estimate of drug-likeness (QED) is 0.471. The Morgan fingerprint density at radius 1 is 1.33 bits per heavy atom. The third-order valence-corrected chi connectivity index (χ3v) is 2.72. The number of nitrogens with zero attached hydrogens (tertiary/aromatic N) is 1. The Balaban J connectivity index is 2.62. The summed E-state index contributed by atoms with van der Waals surface area (Å²) in [5.41, 5.74) is 1.03. The van der Waals surface area contributed by atoms with Gasteiger partial charge in [0.05, 0.1) is 14.2 Å². The van der Waals surface area contributed by atoms with Gasteiger partial charge in [-0.3, -0.25) is 9.80 Å². The van der Waals surface area contributed by atoms with Crippen LogP contribution in [0.5, 0.6) is 11.5 Å². The molecule has 0 atom stereocenters. The van der Waals surface area contributed by atoms with Gasteiger partial charge in [0.15, 0.2) is 0 Å². The first-order chi connectivity index (χ1) is 8.58. The summed E-state index contributed by atoms with van der Waals surface area (Å²) in [6.07, 6.45) is 1.90. The number of ether oxygens (including phenoxy) is 2. The lowest BCUT2D eigenvalue weighted by Gasteiger charge is -2.12. The van der Waals surface area contributed by atoms with Gasteiger partial charge in [-0.2, -0.15) is 0 Å². The van der Waals surface area contributed by atoms with Crippen molar-refractivity contribution in [2.75, 3.05) is 21.3 Å². The van der Waals surface area contributed by atoms with E-state index in [0.29, 0.717) is 6.42 Å². The van der Waals surface area contributed by atoms with Crippen LogP contribution in [-0.2, 0) is 11.2 Å². The summed E-state index contributed by atoms with van der Waals surface area (Å²) in [4.78, 5) is 11.4. The number of benzene rings is 1. The van der Waals surface area contributed by atoms with E-state index < -0.39 is 0 Å². The lowest BCUT2D eigenvalue weighted by atomic mass is 10.1. The van der Waals surface area contributed by atoms with E-state index in [1.807, 2.05) is 18.2 Å². The molecule has 0 saturated heterocycles. The van der Waals surface area contributed by atoms with Crippen molar-refractivity contribution in [2.24, 2.45) is 5.84 Å². The Labute approximate surface area is 107 Å². The van der Waals surface area contributed by atoms with Crippen molar-refractivity contribution in [2.45, 2.75) is 19.3 Å². The molecule has 1 aromatic carbocycles. The monoisotopic (exact) mass is 252 g/mol. The fourth-order valence-electron chi connectivity index (χ4n) is 1.68. The molecule has 0 fully saturated rings. The molecule has 0 aliphatic rings. The smallest absolute Gasteiger partial charge is 0.236 e. The Morgan fingerprint density at radius 2 is 2.06 bits per heavy atom. The summed E-state index contributed by atoms with van der Waals surface area (Å²) >= 11 is 0. The van der Waals surface area contributed by atoms with E-state index >= 15 is 0 Å². The average Bonchev–Trinajstić information content (AvgIpc) is 2.38. The van der Waals surface area contributed by atoms with Crippen LogP contribution in [0.2, 0.25) is 0 Å². The molecule has 0 aromatic heterocycles. The van der Waals surface area contributed by atoms with Crippen LogP contribution >= 0.6 is 0 Å². The van der Waals surface area contributed by atoms with E-state index in [9.17, 15) is 4.79 Å². The van der Waals surface area contributed by atoms with Crippen LogP contribution < -0.4 is 15.3 Å². The molecule has 1 amide bonds. The number of methoxy groups -OCH3 is 2. The van der Waals surface area contributed by atoms with Crippen LogP contribution in [0.1, 0.15) is 18.4 Å². The predicted octanol–water partition coefficient (Wildman–Crippen LogP) is 1.36. The Kier molecular flexibility index (Phi) is 5.45. The maximum atomic E-state index is 11.4. The molecule has 0 bridgehead atoms. The molecular weight excluding hydrogens is 232 g/mol. The number of rotatable bonds is 6. The van der Waals surface area contributed by atoms with Gasteiger partial charge in [0, 0.05) is 13.5 Å². The second-order valence-electron chi connectivity index (χ2n) is 4.04. The van der Waals surface area contributed by atoms with E-state index in [2.05, 4.69) is 0 Å². The minimum Gasteiger partial charge on any atom is -0.497 e.